The van der Waals surface area contributed by atoms with E-state index in [0.29, 0.717) is 16.5 Å². The Kier molecular flexibility index (Phi) is 3.96. The summed E-state index contributed by atoms with van der Waals surface area (Å²) < 4.78 is 6.41. The van der Waals surface area contributed by atoms with Crippen LogP contribution in [0.2, 0.25) is 0 Å². The molecular weight excluding hydrogens is 346 g/mol. The molecule has 1 atom stereocenters. The highest BCUT2D eigenvalue weighted by molar-refractivity contribution is 9.10. The van der Waals surface area contributed by atoms with Crippen LogP contribution in [0.25, 0.3) is 21.4 Å². The number of fused-ring (bicyclic) bond motifs is 1. The van der Waals surface area contributed by atoms with Gasteiger partial charge in [-0.2, -0.15) is 0 Å². The molecule has 6 heteroatoms. The maximum absolute atomic E-state index is 12.6. The number of nitrogens with zero attached hydrogens (tertiary/aromatic N) is 3. The van der Waals surface area contributed by atoms with Gasteiger partial charge >= 0.3 is 0 Å². The van der Waals surface area contributed by atoms with Crippen molar-refractivity contribution < 1.29 is 4.42 Å². The minimum Gasteiger partial charge on any atom is -0.464 e. The van der Waals surface area contributed by atoms with Crippen molar-refractivity contribution in [3.63, 3.8) is 0 Å². The van der Waals surface area contributed by atoms with Crippen LogP contribution in [-0.2, 0) is 0 Å². The third kappa shape index (κ3) is 2.62. The molecule has 0 radical (unpaired) electrons. The van der Waals surface area contributed by atoms with E-state index in [4.69, 9.17) is 9.95 Å². The lowest BCUT2D eigenvalue weighted by Gasteiger charge is -2.11. The van der Waals surface area contributed by atoms with Gasteiger partial charge in [-0.05, 0) is 35.4 Å². The van der Waals surface area contributed by atoms with E-state index in [1.807, 2.05) is 12.1 Å². The van der Waals surface area contributed by atoms with E-state index in [1.54, 1.807) is 36.4 Å². The highest BCUT2D eigenvalue weighted by Gasteiger charge is 2.18. The van der Waals surface area contributed by atoms with Crippen LogP contribution in [0.15, 0.2) is 73.6 Å². The Morgan fingerprint density at radius 3 is 2.59 bits per heavy atom. The van der Waals surface area contributed by atoms with Gasteiger partial charge in [-0.15, -0.1) is 0 Å². The van der Waals surface area contributed by atoms with E-state index in [-0.39, 0.29) is 5.43 Å². The SMILES string of the molecule is [N-]=[N+]=NC(c1ccc(Br)cc1)c1coc2ccccc2c1=O. The molecule has 108 valence electrons. The average Bonchev–Trinajstić information content (AvgIpc) is 2.55. The number of hydrogen-bond acceptors (Lipinski definition) is 3. The van der Waals surface area contributed by atoms with Crippen molar-refractivity contribution >= 4 is 26.9 Å². The molecule has 0 aliphatic heterocycles. The van der Waals surface area contributed by atoms with Crippen molar-refractivity contribution in [3.05, 3.63) is 91.1 Å². The molecule has 0 aliphatic carbocycles. The molecular formula is C16H10BrN3O2. The van der Waals surface area contributed by atoms with Crippen molar-refractivity contribution in [2.75, 3.05) is 0 Å². The topological polar surface area (TPSA) is 79.0 Å². The van der Waals surface area contributed by atoms with E-state index in [1.165, 1.54) is 6.26 Å². The number of benzene rings is 2. The number of rotatable bonds is 3. The molecule has 0 amide bonds. The predicted octanol–water partition coefficient (Wildman–Crippen LogP) is 4.96. The Bertz CT molecular complexity index is 928. The summed E-state index contributed by atoms with van der Waals surface area (Å²) in [5, 5.41) is 4.24. The molecule has 5 nitrogen and oxygen atoms in total. The van der Waals surface area contributed by atoms with E-state index >= 15 is 0 Å². The fraction of sp³-hybridized carbons (Fsp3) is 0.0625. The maximum atomic E-state index is 12.6. The third-order valence-electron chi connectivity index (χ3n) is 3.35. The van der Waals surface area contributed by atoms with Gasteiger partial charge in [0.1, 0.15) is 5.58 Å². The molecule has 0 N–H and O–H groups in total. The quantitative estimate of drug-likeness (QED) is 0.378. The molecule has 1 heterocycles. The zero-order chi connectivity index (χ0) is 15.5. The summed E-state index contributed by atoms with van der Waals surface area (Å²) in [6, 6.07) is 13.5. The van der Waals surface area contributed by atoms with E-state index in [0.717, 1.165) is 10.0 Å². The molecule has 3 aromatic rings. The largest absolute Gasteiger partial charge is 0.464 e. The predicted molar refractivity (Wildman–Crippen MR) is 87.6 cm³/mol. The molecule has 3 rings (SSSR count). The second-order valence-corrected chi connectivity index (χ2v) is 5.59. The molecule has 0 saturated heterocycles. The normalized spacial score (nSPS) is 11.9. The molecule has 0 aliphatic rings. The summed E-state index contributed by atoms with van der Waals surface area (Å²) in [5.41, 5.74) is 10.2. The second-order valence-electron chi connectivity index (χ2n) is 4.68. The first-order valence-electron chi connectivity index (χ1n) is 6.51. The van der Waals surface area contributed by atoms with Crippen LogP contribution in [-0.4, -0.2) is 0 Å². The highest BCUT2D eigenvalue weighted by atomic mass is 79.9. The van der Waals surface area contributed by atoms with E-state index in [9.17, 15) is 4.79 Å². The van der Waals surface area contributed by atoms with Crippen LogP contribution < -0.4 is 5.43 Å². The average molecular weight is 356 g/mol. The zero-order valence-corrected chi connectivity index (χ0v) is 12.9. The summed E-state index contributed by atoms with van der Waals surface area (Å²) in [4.78, 5) is 15.5. The molecule has 0 bridgehead atoms. The van der Waals surface area contributed by atoms with Crippen molar-refractivity contribution in [2.45, 2.75) is 6.04 Å². The standard InChI is InChI=1S/C16H10BrN3O2/c17-11-7-5-10(6-8-11)15(19-20-18)13-9-22-14-4-2-1-3-12(14)16(13)21/h1-9,15H. The van der Waals surface area contributed by atoms with Crippen LogP contribution in [0.4, 0.5) is 0 Å². The fourth-order valence-corrected chi connectivity index (χ4v) is 2.55. The van der Waals surface area contributed by atoms with Crippen molar-refractivity contribution in [3.8, 4) is 0 Å². The van der Waals surface area contributed by atoms with Crippen molar-refractivity contribution in [1.29, 1.82) is 0 Å². The monoisotopic (exact) mass is 355 g/mol. The molecule has 2 aromatic carbocycles. The minimum absolute atomic E-state index is 0.192. The Labute approximate surface area is 134 Å². The summed E-state index contributed by atoms with van der Waals surface area (Å²) in [6.45, 7) is 0. The van der Waals surface area contributed by atoms with Crippen LogP contribution in [0, 0.1) is 0 Å². The summed E-state index contributed by atoms with van der Waals surface area (Å²) >= 11 is 3.35. The van der Waals surface area contributed by atoms with E-state index < -0.39 is 6.04 Å². The first-order chi connectivity index (χ1) is 10.7. The van der Waals surface area contributed by atoms with Crippen LogP contribution >= 0.6 is 15.9 Å². The van der Waals surface area contributed by atoms with Gasteiger partial charge in [0.15, 0.2) is 5.43 Å². The first kappa shape index (κ1) is 14.4. The lowest BCUT2D eigenvalue weighted by atomic mass is 10.00. The Morgan fingerprint density at radius 1 is 1.14 bits per heavy atom. The number of halogens is 1. The number of para-hydroxylation sites is 1. The Morgan fingerprint density at radius 2 is 1.86 bits per heavy atom. The van der Waals surface area contributed by atoms with Gasteiger partial charge < -0.3 is 4.42 Å². The molecule has 0 spiro atoms. The second kappa shape index (κ2) is 6.05. The highest BCUT2D eigenvalue weighted by Crippen LogP contribution is 2.27. The first-order valence-corrected chi connectivity index (χ1v) is 7.30. The summed E-state index contributed by atoms with van der Waals surface area (Å²) in [6.07, 6.45) is 1.37. The van der Waals surface area contributed by atoms with Gasteiger partial charge in [-0.3, -0.25) is 4.79 Å². The van der Waals surface area contributed by atoms with Gasteiger partial charge in [0.05, 0.1) is 17.7 Å². The lowest BCUT2D eigenvalue weighted by Crippen LogP contribution is -2.13. The van der Waals surface area contributed by atoms with Crippen LogP contribution in [0.3, 0.4) is 0 Å². The zero-order valence-electron chi connectivity index (χ0n) is 11.3. The smallest absolute Gasteiger partial charge is 0.196 e. The summed E-state index contributed by atoms with van der Waals surface area (Å²) in [7, 11) is 0. The van der Waals surface area contributed by atoms with Gasteiger partial charge in [-0.1, -0.05) is 45.3 Å². The van der Waals surface area contributed by atoms with Gasteiger partial charge in [0.25, 0.3) is 0 Å². The van der Waals surface area contributed by atoms with Gasteiger partial charge in [-0.25, -0.2) is 0 Å². The molecule has 1 unspecified atom stereocenters. The molecule has 0 saturated carbocycles. The lowest BCUT2D eigenvalue weighted by molar-refractivity contribution is 0.586. The van der Waals surface area contributed by atoms with Crippen LogP contribution in [0.5, 0.6) is 0 Å². The minimum atomic E-state index is -0.723. The Hall–Kier alpha value is -2.56. The number of azide groups is 1. The number of hydrogen-bond donors (Lipinski definition) is 0. The third-order valence-corrected chi connectivity index (χ3v) is 3.88. The van der Waals surface area contributed by atoms with Crippen molar-refractivity contribution in [2.24, 2.45) is 5.11 Å². The fourth-order valence-electron chi connectivity index (χ4n) is 2.29. The molecule has 0 fully saturated rings. The van der Waals surface area contributed by atoms with Gasteiger partial charge in [0.2, 0.25) is 0 Å². The van der Waals surface area contributed by atoms with Crippen LogP contribution in [0.1, 0.15) is 17.2 Å². The summed E-state index contributed by atoms with van der Waals surface area (Å²) in [5.74, 6) is 0. The van der Waals surface area contributed by atoms with E-state index in [2.05, 4.69) is 26.0 Å². The van der Waals surface area contributed by atoms with Gasteiger partial charge in [0, 0.05) is 14.9 Å². The molecule has 22 heavy (non-hydrogen) atoms. The maximum Gasteiger partial charge on any atom is 0.196 e. The Balaban J connectivity index is 2.21. The van der Waals surface area contributed by atoms with Crippen molar-refractivity contribution in [1.82, 2.24) is 0 Å². The molecule has 1 aromatic heterocycles.